The van der Waals surface area contributed by atoms with Crippen molar-refractivity contribution in [2.45, 2.75) is 26.4 Å². The molecule has 1 aliphatic heterocycles. The monoisotopic (exact) mass is 280 g/mol. The van der Waals surface area contributed by atoms with E-state index in [1.54, 1.807) is 6.20 Å². The third kappa shape index (κ3) is 5.88. The Balaban J connectivity index is 0.000000246. The summed E-state index contributed by atoms with van der Waals surface area (Å²) < 4.78 is 4.55. The second kappa shape index (κ2) is 7.69. The molecule has 3 N–H and O–H groups in total. The van der Waals surface area contributed by atoms with Crippen LogP contribution in [0.1, 0.15) is 20.8 Å². The predicted molar refractivity (Wildman–Crippen MR) is 80.6 cm³/mol. The fraction of sp³-hybridized carbons (Fsp3) is 0.571. The maximum absolute atomic E-state index is 9.60. The van der Waals surface area contributed by atoms with Crippen molar-refractivity contribution in [1.29, 1.82) is 0 Å². The Morgan fingerprint density at radius 3 is 2.50 bits per heavy atom. The van der Waals surface area contributed by atoms with Crippen molar-refractivity contribution in [3.05, 3.63) is 18.3 Å². The normalized spacial score (nSPS) is 15.1. The molecule has 2 heterocycles. The number of hydrogen-bond donors (Lipinski definition) is 2. The van der Waals surface area contributed by atoms with Crippen LogP contribution in [0.3, 0.4) is 0 Å². The molecule has 0 bridgehead atoms. The number of nitrogens with zero attached hydrogens (tertiary/aromatic N) is 2. The van der Waals surface area contributed by atoms with Gasteiger partial charge in [-0.15, -0.1) is 0 Å². The molecule has 1 aromatic rings. The summed E-state index contributed by atoms with van der Waals surface area (Å²) in [6.07, 6.45) is 1.79. The fourth-order valence-electron chi connectivity index (χ4n) is 1.69. The second-order valence-corrected chi connectivity index (χ2v) is 5.48. The van der Waals surface area contributed by atoms with Gasteiger partial charge in [-0.05, 0) is 32.9 Å². The minimum atomic E-state index is -0.318. The number of piperazine rings is 1. The summed E-state index contributed by atoms with van der Waals surface area (Å²) in [4.78, 5) is 16.1. The van der Waals surface area contributed by atoms with E-state index in [0.29, 0.717) is 6.47 Å². The van der Waals surface area contributed by atoms with E-state index in [-0.39, 0.29) is 5.60 Å². The largest absolute Gasteiger partial charge is 0.462 e. The van der Waals surface area contributed by atoms with E-state index >= 15 is 0 Å². The van der Waals surface area contributed by atoms with E-state index in [1.807, 2.05) is 32.9 Å². The van der Waals surface area contributed by atoms with Crippen LogP contribution in [-0.2, 0) is 9.53 Å². The number of nitrogens with two attached hydrogens (primary N) is 1. The molecule has 0 amide bonds. The van der Waals surface area contributed by atoms with Gasteiger partial charge >= 0.3 is 0 Å². The van der Waals surface area contributed by atoms with E-state index < -0.39 is 0 Å². The summed E-state index contributed by atoms with van der Waals surface area (Å²) >= 11 is 0. The maximum Gasteiger partial charge on any atom is 0.293 e. The lowest BCUT2D eigenvalue weighted by Gasteiger charge is -2.29. The van der Waals surface area contributed by atoms with E-state index in [9.17, 15) is 4.79 Å². The van der Waals surface area contributed by atoms with E-state index in [0.717, 1.165) is 37.7 Å². The van der Waals surface area contributed by atoms with Crippen LogP contribution in [0.4, 0.5) is 11.5 Å². The molecule has 1 aliphatic rings. The highest BCUT2D eigenvalue weighted by Crippen LogP contribution is 2.18. The van der Waals surface area contributed by atoms with Gasteiger partial charge in [0.25, 0.3) is 6.47 Å². The highest BCUT2D eigenvalue weighted by Gasteiger charge is 2.13. The molecule has 6 heteroatoms. The lowest BCUT2D eigenvalue weighted by Crippen LogP contribution is -2.44. The number of hydrogen-bond acceptors (Lipinski definition) is 6. The average molecular weight is 280 g/mol. The van der Waals surface area contributed by atoms with Gasteiger partial charge in [0.05, 0.1) is 5.69 Å². The number of pyridine rings is 1. The molecule has 112 valence electrons. The van der Waals surface area contributed by atoms with Crippen LogP contribution in [0.15, 0.2) is 18.3 Å². The first-order chi connectivity index (χ1) is 9.44. The molecule has 0 aliphatic carbocycles. The van der Waals surface area contributed by atoms with Crippen molar-refractivity contribution < 1.29 is 9.53 Å². The average Bonchev–Trinajstić information content (AvgIpc) is 2.40. The predicted octanol–water partition coefficient (Wildman–Crippen LogP) is 1.03. The molecule has 1 fully saturated rings. The summed E-state index contributed by atoms with van der Waals surface area (Å²) in [6.45, 7) is 9.92. The Labute approximate surface area is 120 Å². The minimum absolute atomic E-state index is 0.318. The smallest absolute Gasteiger partial charge is 0.293 e. The number of carbonyl (C=O) groups excluding carboxylic acids is 1. The lowest BCUT2D eigenvalue weighted by molar-refractivity contribution is -0.138. The first kappa shape index (κ1) is 16.2. The number of ether oxygens (including phenoxy) is 1. The Hall–Kier alpha value is -1.82. The van der Waals surface area contributed by atoms with Gasteiger partial charge in [-0.25, -0.2) is 4.98 Å². The molecular weight excluding hydrogens is 256 g/mol. The van der Waals surface area contributed by atoms with E-state index in [1.165, 1.54) is 0 Å². The zero-order valence-corrected chi connectivity index (χ0v) is 12.4. The second-order valence-electron chi connectivity index (χ2n) is 5.48. The highest BCUT2D eigenvalue weighted by molar-refractivity contribution is 5.62. The molecule has 6 nitrogen and oxygen atoms in total. The number of nitrogen functional groups attached to an aromatic ring is 1. The Morgan fingerprint density at radius 2 is 2.05 bits per heavy atom. The molecule has 0 aromatic carbocycles. The third-order valence-electron chi connectivity index (χ3n) is 2.64. The molecular formula is C14H24N4O2. The Morgan fingerprint density at radius 1 is 1.40 bits per heavy atom. The van der Waals surface area contributed by atoms with Gasteiger partial charge in [0, 0.05) is 32.4 Å². The molecule has 1 aromatic heterocycles. The Bertz CT molecular complexity index is 412. The summed E-state index contributed by atoms with van der Waals surface area (Å²) in [6, 6.07) is 3.76. The van der Waals surface area contributed by atoms with Crippen LogP contribution >= 0.6 is 0 Å². The highest BCUT2D eigenvalue weighted by atomic mass is 16.5. The van der Waals surface area contributed by atoms with E-state index in [4.69, 9.17) is 5.73 Å². The summed E-state index contributed by atoms with van der Waals surface area (Å²) in [5, 5.41) is 3.29. The number of rotatable bonds is 2. The van der Waals surface area contributed by atoms with Gasteiger partial charge in [-0.1, -0.05) is 0 Å². The van der Waals surface area contributed by atoms with Crippen molar-refractivity contribution in [1.82, 2.24) is 10.3 Å². The van der Waals surface area contributed by atoms with Gasteiger partial charge in [0.1, 0.15) is 5.60 Å². The van der Waals surface area contributed by atoms with Crippen molar-refractivity contribution in [2.24, 2.45) is 0 Å². The minimum Gasteiger partial charge on any atom is -0.462 e. The summed E-state index contributed by atoms with van der Waals surface area (Å²) in [5.74, 6) is 0.920. The van der Waals surface area contributed by atoms with Crippen molar-refractivity contribution in [3.8, 4) is 0 Å². The first-order valence-electron chi connectivity index (χ1n) is 6.71. The van der Waals surface area contributed by atoms with Crippen LogP contribution in [0, 0.1) is 0 Å². The number of anilines is 2. The van der Waals surface area contributed by atoms with Crippen LogP contribution in [0.5, 0.6) is 0 Å². The van der Waals surface area contributed by atoms with Crippen LogP contribution in [0.2, 0.25) is 0 Å². The zero-order chi connectivity index (χ0) is 15.0. The molecule has 0 spiro atoms. The van der Waals surface area contributed by atoms with Crippen LogP contribution in [-0.4, -0.2) is 43.2 Å². The van der Waals surface area contributed by atoms with Crippen LogP contribution < -0.4 is 16.0 Å². The van der Waals surface area contributed by atoms with Gasteiger partial charge in [0.15, 0.2) is 5.82 Å². The SMILES string of the molecule is CC(C)(C)OC=O.Nc1cccnc1N1CCNCC1. The molecule has 20 heavy (non-hydrogen) atoms. The molecule has 0 unspecified atom stereocenters. The topological polar surface area (TPSA) is 80.5 Å². The molecule has 0 atom stereocenters. The van der Waals surface area contributed by atoms with Crippen molar-refractivity contribution in [3.63, 3.8) is 0 Å². The number of aromatic nitrogens is 1. The quantitative estimate of drug-likeness (QED) is 0.788. The number of carbonyl (C=O) groups is 1. The lowest BCUT2D eigenvalue weighted by atomic mass is 10.2. The van der Waals surface area contributed by atoms with Gasteiger partial charge in [0.2, 0.25) is 0 Å². The zero-order valence-electron chi connectivity index (χ0n) is 12.4. The molecule has 1 saturated heterocycles. The van der Waals surface area contributed by atoms with Crippen molar-refractivity contribution in [2.75, 3.05) is 36.8 Å². The number of nitrogens with one attached hydrogen (secondary N) is 1. The van der Waals surface area contributed by atoms with Crippen LogP contribution in [0.25, 0.3) is 0 Å². The van der Waals surface area contributed by atoms with E-state index in [2.05, 4.69) is 19.9 Å². The maximum atomic E-state index is 9.60. The van der Waals surface area contributed by atoms with Gasteiger partial charge in [-0.2, -0.15) is 0 Å². The van der Waals surface area contributed by atoms with Gasteiger partial charge in [-0.3, -0.25) is 4.79 Å². The first-order valence-corrected chi connectivity index (χ1v) is 6.71. The fourth-order valence-corrected chi connectivity index (χ4v) is 1.69. The van der Waals surface area contributed by atoms with Crippen molar-refractivity contribution >= 4 is 18.0 Å². The summed E-state index contributed by atoms with van der Waals surface area (Å²) in [7, 11) is 0. The third-order valence-corrected chi connectivity index (χ3v) is 2.64. The molecule has 0 radical (unpaired) electrons. The van der Waals surface area contributed by atoms with Gasteiger partial charge < -0.3 is 20.7 Å². The Kier molecular flexibility index (Phi) is 6.24. The standard InChI is InChI=1S/C9H14N4.C5H10O2/c10-8-2-1-3-12-9(8)13-6-4-11-5-7-13;1-5(2,3)7-4-6/h1-3,11H,4-7,10H2;4H,1-3H3. The summed E-state index contributed by atoms with van der Waals surface area (Å²) in [5.41, 5.74) is 6.28. The molecule has 0 saturated carbocycles. The molecule has 2 rings (SSSR count).